The number of aliphatic hydroxyl groups is 1. The van der Waals surface area contributed by atoms with Crippen molar-refractivity contribution in [2.45, 2.75) is 158 Å². The van der Waals surface area contributed by atoms with E-state index in [4.69, 9.17) is 22.9 Å². The van der Waals surface area contributed by atoms with E-state index in [1.54, 1.807) is 30.3 Å². The van der Waals surface area contributed by atoms with Crippen molar-refractivity contribution in [2.24, 2.45) is 33.8 Å². The van der Waals surface area contributed by atoms with Gasteiger partial charge in [0, 0.05) is 45.0 Å². The second-order valence-electron chi connectivity index (χ2n) is 24.5. The van der Waals surface area contributed by atoms with Gasteiger partial charge in [-0.3, -0.25) is 76.9 Å². The smallest absolute Gasteiger partial charge is 0.305 e. The fourth-order valence-electron chi connectivity index (χ4n) is 10.5. The van der Waals surface area contributed by atoms with Crippen molar-refractivity contribution in [2.75, 3.05) is 32.0 Å². The number of rotatable bonds is 41. The molecule has 0 aromatic heterocycles. The van der Waals surface area contributed by atoms with Crippen LogP contribution in [-0.2, 0) is 91.2 Å². The molecule has 1 aliphatic rings. The maximum Gasteiger partial charge on any atom is 0.305 e. The van der Waals surface area contributed by atoms with Gasteiger partial charge >= 0.3 is 5.97 Å². The average Bonchev–Trinajstić information content (AvgIpc) is 1.59. The number of guanidine groups is 1. The summed E-state index contributed by atoms with van der Waals surface area (Å²) < 4.78 is 0. The molecule has 0 spiro atoms. The number of thiol groups is 1. The zero-order valence-electron chi connectivity index (χ0n) is 56.6. The number of carbonyl (C=O) groups excluding carboxylic acids is 14. The second-order valence-corrected chi connectivity index (χ2v) is 24.8. The molecule has 1 saturated heterocycles. The molecule has 556 valence electrons. The summed E-state index contributed by atoms with van der Waals surface area (Å²) in [6, 6.07) is 2.79. The number of aliphatic carboxylic acids is 1. The lowest BCUT2D eigenvalue weighted by Crippen LogP contribution is -2.60. The predicted molar refractivity (Wildman–Crippen MR) is 368 cm³/mol. The van der Waals surface area contributed by atoms with Crippen LogP contribution in [0.1, 0.15) is 89.3 Å². The number of hydrogen-bond acceptors (Lipinski definition) is 20. The van der Waals surface area contributed by atoms with Crippen molar-refractivity contribution >= 4 is 107 Å². The number of nitrogens with one attached hydrogen (secondary N) is 11. The SMILES string of the molecule is CC(=O)N[C@@H](CC(C)C)C(=O)N[C@@H](Cc1ccc(O)cc1)C(=O)N[C@@H](CCCN=C(N)N)C(=O)N[C@@H](C)C(=O)N[C@@H](CC(N)=O)C(=O)NCC(=O)N[C@@H](CC(=O)O)C(=O)N[C@@H](Cc1ccccc1)C(=O)N1CCC[C@H]1C(=O)N[C@@H](CS)C(=O)N[C@@H](Cc1ccc(O)cc1)C(=O)N[C@@H](CO)C(N)=O. The Morgan fingerprint density at radius 1 is 0.549 bits per heavy atom. The van der Waals surface area contributed by atoms with Gasteiger partial charge in [-0.1, -0.05) is 68.4 Å². The summed E-state index contributed by atoms with van der Waals surface area (Å²) in [4.78, 5) is 207. The molecule has 3 aromatic rings. The van der Waals surface area contributed by atoms with Gasteiger partial charge in [0.15, 0.2) is 5.96 Å². The van der Waals surface area contributed by atoms with Crippen molar-refractivity contribution in [1.82, 2.24) is 63.4 Å². The first-order chi connectivity index (χ1) is 48.2. The number of primary amides is 2. The van der Waals surface area contributed by atoms with Crippen LogP contribution in [0.3, 0.4) is 0 Å². The van der Waals surface area contributed by atoms with E-state index in [1.165, 1.54) is 62.4 Å². The number of carbonyl (C=O) groups is 15. The summed E-state index contributed by atoms with van der Waals surface area (Å²) in [6.45, 7) is 4.02. The molecule has 36 nitrogen and oxygen atoms in total. The third kappa shape index (κ3) is 28.6. The number of nitrogens with zero attached hydrogens (tertiary/aromatic N) is 2. The number of benzene rings is 3. The van der Waals surface area contributed by atoms with Gasteiger partial charge in [-0.15, -0.1) is 0 Å². The van der Waals surface area contributed by atoms with Gasteiger partial charge < -0.3 is 107 Å². The van der Waals surface area contributed by atoms with Crippen molar-refractivity contribution in [3.05, 3.63) is 95.6 Å². The van der Waals surface area contributed by atoms with Gasteiger partial charge in [0.2, 0.25) is 82.7 Å². The minimum atomic E-state index is -1.96. The Labute approximate surface area is 592 Å². The van der Waals surface area contributed by atoms with E-state index in [9.17, 15) is 92.3 Å². The maximum atomic E-state index is 14.7. The van der Waals surface area contributed by atoms with Crippen molar-refractivity contribution in [3.63, 3.8) is 0 Å². The summed E-state index contributed by atoms with van der Waals surface area (Å²) in [7, 11) is 0. The first-order valence-electron chi connectivity index (χ1n) is 32.4. The van der Waals surface area contributed by atoms with Crippen molar-refractivity contribution in [3.8, 4) is 11.5 Å². The lowest BCUT2D eigenvalue weighted by molar-refractivity contribution is -0.143. The maximum absolute atomic E-state index is 14.7. The molecule has 3 aromatic carbocycles. The lowest BCUT2D eigenvalue weighted by Gasteiger charge is -2.31. The molecule has 14 amide bonds. The number of likely N-dealkylation sites (tertiary alicyclic amines) is 1. The van der Waals surface area contributed by atoms with Crippen molar-refractivity contribution in [1.29, 1.82) is 0 Å². The standard InChI is InChI=1S/C65H91N17O19S/c1-33(2)24-42(73-35(4)84)58(95)77-43(25-37-14-18-39(85)19-15-37)59(96)75-41(12-8-22-70-65(68)69)57(94)72-34(3)55(92)76-45(28-51(66)87)56(93)71-30-52(88)74-46(29-53(89)90)61(98)79-47(27-36-10-6-5-7-11-36)64(101)82-23-9-13-50(82)63(100)81-49(32-102)62(99)78-44(26-38-16-20-40(86)21-17-38)60(97)80-48(31-83)54(67)91/h5-7,10-11,14-21,33-34,41-50,83,85-86,102H,8-9,12-13,22-32H2,1-4H3,(H2,66,87)(H2,67,91)(H,71,93)(H,72,94)(H,73,84)(H,74,88)(H,75,96)(H,76,92)(H,77,95)(H,78,99)(H,79,98)(H,80,97)(H,81,100)(H,89,90)(H4,68,69,70)/t34-,41-,42-,43-,44-,45-,46-,47-,48-,49-,50-/m0/s1. The number of phenols is 2. The second kappa shape index (κ2) is 41.5. The number of aliphatic imine (C=N–C) groups is 1. The normalized spacial score (nSPS) is 15.4. The van der Waals surface area contributed by atoms with Crippen LogP contribution in [0.25, 0.3) is 0 Å². The third-order valence-electron chi connectivity index (χ3n) is 15.6. The Balaban J connectivity index is 1.49. The summed E-state index contributed by atoms with van der Waals surface area (Å²) >= 11 is 4.24. The molecule has 1 heterocycles. The van der Waals surface area contributed by atoms with Gasteiger partial charge in [0.1, 0.15) is 78.0 Å². The monoisotopic (exact) mass is 1450 g/mol. The number of aromatic hydroxyl groups is 2. The molecule has 0 unspecified atom stereocenters. The largest absolute Gasteiger partial charge is 0.508 e. The quantitative estimate of drug-likeness (QED) is 0.0109. The Bertz CT molecular complexity index is 3490. The van der Waals surface area contributed by atoms with E-state index in [0.717, 1.165) is 4.90 Å². The summed E-state index contributed by atoms with van der Waals surface area (Å²) in [5.41, 5.74) is 23.1. The summed E-state index contributed by atoms with van der Waals surface area (Å²) in [5.74, 6) is -16.2. The first kappa shape index (κ1) is 83.3. The average molecular weight is 1450 g/mol. The number of phenolic OH excluding ortho intramolecular Hbond substituents is 2. The Morgan fingerprint density at radius 3 is 1.54 bits per heavy atom. The zero-order valence-corrected chi connectivity index (χ0v) is 57.5. The Kier molecular flexibility index (Phi) is 33.9. The summed E-state index contributed by atoms with van der Waals surface area (Å²) in [5, 5.41) is 65.9. The van der Waals surface area contributed by atoms with Crippen LogP contribution >= 0.6 is 12.6 Å². The van der Waals surface area contributed by atoms with E-state index >= 15 is 0 Å². The molecular formula is C65H91N17O19S. The van der Waals surface area contributed by atoms with E-state index < -0.39 is 181 Å². The number of carboxylic acid groups (broad SMARTS) is 1. The van der Waals surface area contributed by atoms with Crippen LogP contribution in [0.2, 0.25) is 0 Å². The van der Waals surface area contributed by atoms with E-state index in [2.05, 4.69) is 76.1 Å². The molecule has 37 heteroatoms. The van der Waals surface area contributed by atoms with Crippen LogP contribution in [-0.4, -0.2) is 218 Å². The molecule has 4 rings (SSSR count). The van der Waals surface area contributed by atoms with Crippen LogP contribution < -0.4 is 81.4 Å². The number of hydrogen-bond donors (Lipinski definition) is 20. The number of nitrogens with two attached hydrogens (primary N) is 4. The van der Waals surface area contributed by atoms with Crippen LogP contribution in [0, 0.1) is 5.92 Å². The van der Waals surface area contributed by atoms with E-state index in [1.807, 2.05) is 13.8 Å². The molecule has 102 heavy (non-hydrogen) atoms. The minimum absolute atomic E-state index is 0.0299. The van der Waals surface area contributed by atoms with E-state index in [0.29, 0.717) is 16.7 Å². The Morgan fingerprint density at radius 2 is 1.03 bits per heavy atom. The highest BCUT2D eigenvalue weighted by atomic mass is 32.1. The highest BCUT2D eigenvalue weighted by molar-refractivity contribution is 7.80. The lowest BCUT2D eigenvalue weighted by atomic mass is 10.0. The number of carboxylic acids is 1. The fraction of sp³-hybridized carbons (Fsp3) is 0.477. The number of aliphatic hydroxyl groups excluding tert-OH is 1. The van der Waals surface area contributed by atoms with Gasteiger partial charge in [0.25, 0.3) is 0 Å². The van der Waals surface area contributed by atoms with Crippen LogP contribution in [0.5, 0.6) is 11.5 Å². The van der Waals surface area contributed by atoms with E-state index in [-0.39, 0.29) is 93.6 Å². The highest BCUT2D eigenvalue weighted by Gasteiger charge is 2.41. The van der Waals surface area contributed by atoms with Gasteiger partial charge in [-0.2, -0.15) is 12.6 Å². The van der Waals surface area contributed by atoms with Gasteiger partial charge in [0.05, 0.1) is 26.0 Å². The molecule has 1 aliphatic heterocycles. The number of amides is 14. The minimum Gasteiger partial charge on any atom is -0.508 e. The molecular weight excluding hydrogens is 1350 g/mol. The fourth-order valence-corrected chi connectivity index (χ4v) is 10.7. The van der Waals surface area contributed by atoms with Crippen LogP contribution in [0.15, 0.2) is 83.9 Å². The van der Waals surface area contributed by atoms with Gasteiger partial charge in [-0.05, 0) is 85.9 Å². The molecule has 0 aliphatic carbocycles. The Hall–Kier alpha value is -11.1. The third-order valence-corrected chi connectivity index (χ3v) is 16.0. The summed E-state index contributed by atoms with van der Waals surface area (Å²) in [6.07, 6.45) is -2.26. The molecule has 11 atom stereocenters. The molecule has 0 radical (unpaired) electrons. The zero-order chi connectivity index (χ0) is 75.9. The topological polar surface area (TPSA) is 589 Å². The van der Waals surface area contributed by atoms with Crippen molar-refractivity contribution < 1.29 is 92.3 Å². The first-order valence-corrected chi connectivity index (χ1v) is 33.1. The van der Waals surface area contributed by atoms with Gasteiger partial charge in [-0.25, -0.2) is 0 Å². The molecule has 1 fully saturated rings. The molecule has 0 bridgehead atoms. The molecule has 0 saturated carbocycles. The predicted octanol–water partition coefficient (Wildman–Crippen LogP) is -6.02. The van der Waals surface area contributed by atoms with Crippen LogP contribution in [0.4, 0.5) is 0 Å². The highest BCUT2D eigenvalue weighted by Crippen LogP contribution is 2.22. The molecule has 23 N–H and O–H groups in total.